The zero-order valence-corrected chi connectivity index (χ0v) is 11.0. The lowest BCUT2D eigenvalue weighted by atomic mass is 10.1. The molecular formula is C15H13N3O2. The molecule has 0 unspecified atom stereocenters. The number of ketones is 1. The first-order chi connectivity index (χ1) is 9.70. The molecule has 5 heteroatoms. The summed E-state index contributed by atoms with van der Waals surface area (Å²) in [6, 6.07) is 7.26. The SMILES string of the molecule is CCc1ccc2c(c1)C(=O)C(=O)N2Cc1ncccn1. The van der Waals surface area contributed by atoms with Crippen molar-refractivity contribution in [1.29, 1.82) is 0 Å². The van der Waals surface area contributed by atoms with Crippen molar-refractivity contribution in [1.82, 2.24) is 9.97 Å². The zero-order valence-electron chi connectivity index (χ0n) is 11.0. The normalized spacial score (nSPS) is 13.8. The minimum Gasteiger partial charge on any atom is -0.297 e. The Balaban J connectivity index is 1.98. The third kappa shape index (κ3) is 1.97. The average molecular weight is 267 g/mol. The molecule has 0 fully saturated rings. The van der Waals surface area contributed by atoms with Crippen molar-refractivity contribution < 1.29 is 9.59 Å². The Morgan fingerprint density at radius 2 is 1.90 bits per heavy atom. The van der Waals surface area contributed by atoms with E-state index in [1.54, 1.807) is 24.5 Å². The van der Waals surface area contributed by atoms with E-state index in [1.165, 1.54) is 4.90 Å². The van der Waals surface area contributed by atoms with Crippen LogP contribution < -0.4 is 4.90 Å². The smallest absolute Gasteiger partial charge is 0.297 e. The summed E-state index contributed by atoms with van der Waals surface area (Å²) in [4.78, 5) is 33.7. The Kier molecular flexibility index (Phi) is 3.02. The molecule has 1 aromatic heterocycles. The lowest BCUT2D eigenvalue weighted by Gasteiger charge is -2.15. The van der Waals surface area contributed by atoms with E-state index in [-0.39, 0.29) is 6.54 Å². The molecule has 1 aromatic carbocycles. The second-order valence-electron chi connectivity index (χ2n) is 4.59. The predicted molar refractivity (Wildman–Crippen MR) is 73.4 cm³/mol. The summed E-state index contributed by atoms with van der Waals surface area (Å²) in [5, 5.41) is 0. The molecule has 0 radical (unpaired) electrons. The van der Waals surface area contributed by atoms with Crippen LogP contribution in [-0.2, 0) is 17.8 Å². The molecule has 2 aromatic rings. The number of nitrogens with zero attached hydrogens (tertiary/aromatic N) is 3. The number of aryl methyl sites for hydroxylation is 1. The first-order valence-corrected chi connectivity index (χ1v) is 6.45. The largest absolute Gasteiger partial charge is 0.299 e. The van der Waals surface area contributed by atoms with Gasteiger partial charge in [-0.05, 0) is 30.2 Å². The van der Waals surface area contributed by atoms with E-state index < -0.39 is 11.7 Å². The van der Waals surface area contributed by atoms with Crippen molar-refractivity contribution in [2.75, 3.05) is 4.90 Å². The number of carbonyl (C=O) groups excluding carboxylic acids is 2. The molecular weight excluding hydrogens is 254 g/mol. The van der Waals surface area contributed by atoms with Crippen molar-refractivity contribution in [2.24, 2.45) is 0 Å². The van der Waals surface area contributed by atoms with E-state index in [1.807, 2.05) is 19.1 Å². The molecule has 0 saturated carbocycles. The zero-order chi connectivity index (χ0) is 14.1. The number of benzene rings is 1. The molecule has 100 valence electrons. The van der Waals surface area contributed by atoms with Crippen LogP contribution in [0.15, 0.2) is 36.7 Å². The van der Waals surface area contributed by atoms with Gasteiger partial charge in [0.05, 0.1) is 17.8 Å². The molecule has 3 rings (SSSR count). The van der Waals surface area contributed by atoms with Crippen LogP contribution in [0.3, 0.4) is 0 Å². The summed E-state index contributed by atoms with van der Waals surface area (Å²) in [5.41, 5.74) is 2.16. The molecule has 5 nitrogen and oxygen atoms in total. The topological polar surface area (TPSA) is 63.2 Å². The first kappa shape index (κ1) is 12.5. The molecule has 0 aliphatic carbocycles. The summed E-state index contributed by atoms with van der Waals surface area (Å²) in [7, 11) is 0. The summed E-state index contributed by atoms with van der Waals surface area (Å²) in [6.45, 7) is 2.22. The molecule has 0 bridgehead atoms. The number of hydrogen-bond acceptors (Lipinski definition) is 4. The van der Waals surface area contributed by atoms with Gasteiger partial charge in [0, 0.05) is 12.4 Å². The van der Waals surface area contributed by atoms with E-state index in [2.05, 4.69) is 9.97 Å². The predicted octanol–water partition coefficient (Wildman–Crippen LogP) is 1.77. The van der Waals surface area contributed by atoms with Gasteiger partial charge in [-0.2, -0.15) is 0 Å². The van der Waals surface area contributed by atoms with Gasteiger partial charge in [0.2, 0.25) is 0 Å². The van der Waals surface area contributed by atoms with Gasteiger partial charge in [-0.3, -0.25) is 14.5 Å². The van der Waals surface area contributed by atoms with Crippen LogP contribution in [0.2, 0.25) is 0 Å². The third-order valence-corrected chi connectivity index (χ3v) is 3.36. The van der Waals surface area contributed by atoms with Crippen molar-refractivity contribution in [3.8, 4) is 0 Å². The monoisotopic (exact) mass is 267 g/mol. The number of Topliss-reactive ketones (excluding diaryl/α,β-unsaturated/α-hetero) is 1. The molecule has 0 atom stereocenters. The highest BCUT2D eigenvalue weighted by atomic mass is 16.2. The quantitative estimate of drug-likeness (QED) is 0.795. The van der Waals surface area contributed by atoms with Crippen molar-refractivity contribution in [3.05, 3.63) is 53.6 Å². The van der Waals surface area contributed by atoms with Gasteiger partial charge in [0.25, 0.3) is 11.7 Å². The summed E-state index contributed by atoms with van der Waals surface area (Å²) < 4.78 is 0. The lowest BCUT2D eigenvalue weighted by molar-refractivity contribution is -0.114. The minimum atomic E-state index is -0.513. The summed E-state index contributed by atoms with van der Waals surface area (Å²) >= 11 is 0. The number of rotatable bonds is 3. The highest BCUT2D eigenvalue weighted by molar-refractivity contribution is 6.52. The van der Waals surface area contributed by atoms with Crippen molar-refractivity contribution >= 4 is 17.4 Å². The second kappa shape index (κ2) is 4.85. The Hall–Kier alpha value is -2.56. The van der Waals surface area contributed by atoms with Gasteiger partial charge < -0.3 is 0 Å². The van der Waals surface area contributed by atoms with Gasteiger partial charge in [-0.15, -0.1) is 0 Å². The van der Waals surface area contributed by atoms with E-state index in [0.717, 1.165) is 12.0 Å². The van der Waals surface area contributed by atoms with Gasteiger partial charge in [0.1, 0.15) is 5.82 Å². The number of amides is 1. The van der Waals surface area contributed by atoms with Crippen LogP contribution in [0.5, 0.6) is 0 Å². The highest BCUT2D eigenvalue weighted by Gasteiger charge is 2.36. The van der Waals surface area contributed by atoms with Crippen LogP contribution in [0.1, 0.15) is 28.7 Å². The number of hydrogen-bond donors (Lipinski definition) is 0. The van der Waals surface area contributed by atoms with Gasteiger partial charge in [-0.1, -0.05) is 13.0 Å². The molecule has 0 saturated heterocycles. The molecule has 2 heterocycles. The van der Waals surface area contributed by atoms with Crippen molar-refractivity contribution in [3.63, 3.8) is 0 Å². The number of anilines is 1. The first-order valence-electron chi connectivity index (χ1n) is 6.45. The number of carbonyl (C=O) groups is 2. The fourth-order valence-electron chi connectivity index (χ4n) is 2.28. The van der Waals surface area contributed by atoms with E-state index in [4.69, 9.17) is 0 Å². The fraction of sp³-hybridized carbons (Fsp3) is 0.200. The average Bonchev–Trinajstić information content (AvgIpc) is 2.73. The van der Waals surface area contributed by atoms with Gasteiger partial charge in [0.15, 0.2) is 0 Å². The lowest BCUT2D eigenvalue weighted by Crippen LogP contribution is -2.29. The maximum Gasteiger partial charge on any atom is 0.299 e. The summed E-state index contributed by atoms with van der Waals surface area (Å²) in [6.07, 6.45) is 4.06. The Morgan fingerprint density at radius 1 is 1.15 bits per heavy atom. The van der Waals surface area contributed by atoms with Crippen LogP contribution in [0.25, 0.3) is 0 Å². The molecule has 20 heavy (non-hydrogen) atoms. The van der Waals surface area contributed by atoms with Gasteiger partial charge >= 0.3 is 0 Å². The Bertz CT molecular complexity index is 683. The summed E-state index contributed by atoms with van der Waals surface area (Å²) in [5.74, 6) is -0.451. The molecule has 1 aliphatic rings. The third-order valence-electron chi connectivity index (χ3n) is 3.36. The van der Waals surface area contributed by atoms with E-state index >= 15 is 0 Å². The standard InChI is InChI=1S/C15H13N3O2/c1-2-10-4-5-12-11(8-10)14(19)15(20)18(12)9-13-16-6-3-7-17-13/h3-8H,2,9H2,1H3. The van der Waals surface area contributed by atoms with Crippen LogP contribution >= 0.6 is 0 Å². The van der Waals surface area contributed by atoms with Gasteiger partial charge in [-0.25, -0.2) is 9.97 Å². The highest BCUT2D eigenvalue weighted by Crippen LogP contribution is 2.30. The minimum absolute atomic E-state index is 0.212. The maximum atomic E-state index is 12.1. The Morgan fingerprint density at radius 3 is 2.60 bits per heavy atom. The fourth-order valence-corrected chi connectivity index (χ4v) is 2.28. The van der Waals surface area contributed by atoms with E-state index in [0.29, 0.717) is 17.1 Å². The molecule has 1 amide bonds. The maximum absolute atomic E-state index is 12.1. The second-order valence-corrected chi connectivity index (χ2v) is 4.59. The van der Waals surface area contributed by atoms with Crippen LogP contribution in [-0.4, -0.2) is 21.7 Å². The number of fused-ring (bicyclic) bond motifs is 1. The molecule has 0 N–H and O–H groups in total. The van der Waals surface area contributed by atoms with Crippen LogP contribution in [0.4, 0.5) is 5.69 Å². The van der Waals surface area contributed by atoms with E-state index in [9.17, 15) is 9.59 Å². The Labute approximate surface area is 116 Å². The van der Waals surface area contributed by atoms with Crippen LogP contribution in [0, 0.1) is 0 Å². The molecule has 1 aliphatic heterocycles. The molecule has 0 spiro atoms. The van der Waals surface area contributed by atoms with Crippen molar-refractivity contribution in [2.45, 2.75) is 19.9 Å². The number of aromatic nitrogens is 2.